The van der Waals surface area contributed by atoms with Crippen molar-refractivity contribution < 1.29 is 9.18 Å². The number of carbonyl (C=O) groups is 1. The van der Waals surface area contributed by atoms with E-state index in [0.29, 0.717) is 0 Å². The van der Waals surface area contributed by atoms with Gasteiger partial charge in [-0.25, -0.2) is 4.39 Å². The highest BCUT2D eigenvalue weighted by molar-refractivity contribution is 6.35. The smallest absolute Gasteiger partial charge is 0.198 e. The molecule has 0 amide bonds. The van der Waals surface area contributed by atoms with E-state index in [-0.39, 0.29) is 38.7 Å². The maximum Gasteiger partial charge on any atom is 0.198 e. The van der Waals surface area contributed by atoms with E-state index in [9.17, 15) is 19.4 Å². The van der Waals surface area contributed by atoms with Gasteiger partial charge >= 0.3 is 0 Å². The summed E-state index contributed by atoms with van der Waals surface area (Å²) < 4.78 is 13.4. The van der Waals surface area contributed by atoms with Crippen molar-refractivity contribution in [3.63, 3.8) is 0 Å². The highest BCUT2D eigenvalue weighted by Gasteiger charge is 2.25. The van der Waals surface area contributed by atoms with Gasteiger partial charge in [-0.15, -0.1) is 4.91 Å². The van der Waals surface area contributed by atoms with Crippen molar-refractivity contribution in [2.75, 3.05) is 5.73 Å². The molecule has 114 valence electrons. The third-order valence-corrected chi connectivity index (χ3v) is 3.54. The third kappa shape index (κ3) is 2.82. The molecule has 0 aromatic heterocycles. The monoisotopic (exact) mass is 329 g/mol. The van der Waals surface area contributed by atoms with Gasteiger partial charge in [-0.2, -0.15) is 5.26 Å². The molecule has 0 bridgehead atoms. The fourth-order valence-electron chi connectivity index (χ4n) is 2.10. The van der Waals surface area contributed by atoms with Crippen LogP contribution in [0.1, 0.15) is 27.0 Å². The van der Waals surface area contributed by atoms with Crippen LogP contribution in [0.15, 0.2) is 36.0 Å². The molecule has 7 heteroatoms. The summed E-state index contributed by atoms with van der Waals surface area (Å²) in [6.45, 7) is 3.51. The standard InChI is InChI=1S/C16H9ClFN3O2/c1-2-8-5-13(21-23)14(11(7-19)15(8)20)16(22)10-6-9(18)3-4-12(10)17/h2-6H,1,20H2. The summed E-state index contributed by atoms with van der Waals surface area (Å²) in [5.74, 6) is -1.50. The molecule has 0 aliphatic heterocycles. The van der Waals surface area contributed by atoms with Crippen LogP contribution in [0.25, 0.3) is 6.08 Å². The average Bonchev–Trinajstić information content (AvgIpc) is 2.55. The van der Waals surface area contributed by atoms with E-state index in [1.54, 1.807) is 6.07 Å². The molecule has 2 N–H and O–H groups in total. The molecule has 0 spiro atoms. The first-order valence-electron chi connectivity index (χ1n) is 6.26. The quantitative estimate of drug-likeness (QED) is 0.516. The minimum Gasteiger partial charge on any atom is -0.397 e. The van der Waals surface area contributed by atoms with E-state index < -0.39 is 11.6 Å². The SMILES string of the molecule is C=Cc1cc(N=O)c(C(=O)c2cc(F)ccc2Cl)c(C#N)c1N. The Kier molecular flexibility index (Phi) is 4.53. The van der Waals surface area contributed by atoms with Crippen LogP contribution in [0.3, 0.4) is 0 Å². The summed E-state index contributed by atoms with van der Waals surface area (Å²) in [4.78, 5) is 23.7. The first-order chi connectivity index (χ1) is 10.9. The molecular formula is C16H9ClFN3O2. The Bertz CT molecular complexity index is 888. The van der Waals surface area contributed by atoms with Crippen LogP contribution >= 0.6 is 11.6 Å². The molecule has 0 radical (unpaired) electrons. The Labute approximate surface area is 135 Å². The average molecular weight is 330 g/mol. The van der Waals surface area contributed by atoms with Crippen LogP contribution < -0.4 is 5.73 Å². The largest absolute Gasteiger partial charge is 0.397 e. The summed E-state index contributed by atoms with van der Waals surface area (Å²) >= 11 is 5.90. The normalized spacial score (nSPS) is 9.96. The fraction of sp³-hybridized carbons (Fsp3) is 0. The number of ketones is 1. The molecule has 2 aromatic carbocycles. The number of anilines is 1. The topological polar surface area (TPSA) is 96.3 Å². The lowest BCUT2D eigenvalue weighted by molar-refractivity contribution is 0.103. The van der Waals surface area contributed by atoms with Crippen molar-refractivity contribution in [1.29, 1.82) is 5.26 Å². The van der Waals surface area contributed by atoms with Gasteiger partial charge in [0.05, 0.1) is 21.8 Å². The van der Waals surface area contributed by atoms with Crippen LogP contribution in [-0.4, -0.2) is 5.78 Å². The lowest BCUT2D eigenvalue weighted by Gasteiger charge is -2.11. The van der Waals surface area contributed by atoms with E-state index >= 15 is 0 Å². The number of nitroso groups, excluding NO2 is 1. The first kappa shape index (κ1) is 16.3. The molecule has 0 atom stereocenters. The lowest BCUT2D eigenvalue weighted by Crippen LogP contribution is -2.09. The number of halogens is 2. The number of nitrogens with zero attached hydrogens (tertiary/aromatic N) is 2. The number of rotatable bonds is 4. The van der Waals surface area contributed by atoms with Gasteiger partial charge in [-0.05, 0) is 29.4 Å². The second kappa shape index (κ2) is 6.38. The van der Waals surface area contributed by atoms with Crippen molar-refractivity contribution in [1.82, 2.24) is 0 Å². The zero-order chi connectivity index (χ0) is 17.1. The number of carbonyl (C=O) groups excluding carboxylic acids is 1. The van der Waals surface area contributed by atoms with Gasteiger partial charge in [-0.3, -0.25) is 4.79 Å². The Morgan fingerprint density at radius 3 is 2.70 bits per heavy atom. The number of nitriles is 1. The predicted octanol–water partition coefficient (Wildman–Crippen LogP) is 4.20. The second-order valence-corrected chi connectivity index (χ2v) is 4.92. The van der Waals surface area contributed by atoms with Crippen molar-refractivity contribution in [3.05, 3.63) is 68.8 Å². The molecule has 23 heavy (non-hydrogen) atoms. The molecule has 2 rings (SSSR count). The van der Waals surface area contributed by atoms with E-state index in [1.807, 2.05) is 0 Å². The van der Waals surface area contributed by atoms with Gasteiger partial charge in [0, 0.05) is 11.1 Å². The maximum atomic E-state index is 13.4. The summed E-state index contributed by atoms with van der Waals surface area (Å²) in [5.41, 5.74) is 5.04. The van der Waals surface area contributed by atoms with Crippen molar-refractivity contribution in [2.45, 2.75) is 0 Å². The molecule has 0 fully saturated rings. The first-order valence-corrected chi connectivity index (χ1v) is 6.64. The Hall–Kier alpha value is -3.04. The predicted molar refractivity (Wildman–Crippen MR) is 86.0 cm³/mol. The van der Waals surface area contributed by atoms with Crippen LogP contribution in [0.5, 0.6) is 0 Å². The summed E-state index contributed by atoms with van der Waals surface area (Å²) in [5, 5.41) is 12.0. The van der Waals surface area contributed by atoms with Crippen molar-refractivity contribution >= 4 is 34.8 Å². The minimum absolute atomic E-state index is 0.0224. The third-order valence-electron chi connectivity index (χ3n) is 3.21. The second-order valence-electron chi connectivity index (χ2n) is 4.51. The molecule has 0 unspecified atom stereocenters. The van der Waals surface area contributed by atoms with Gasteiger partial charge in [0.15, 0.2) is 5.78 Å². The minimum atomic E-state index is -0.817. The van der Waals surface area contributed by atoms with E-state index in [2.05, 4.69) is 11.8 Å². The van der Waals surface area contributed by atoms with E-state index in [0.717, 1.165) is 12.1 Å². The summed E-state index contributed by atoms with van der Waals surface area (Å²) in [7, 11) is 0. The van der Waals surface area contributed by atoms with Gasteiger partial charge in [0.2, 0.25) is 0 Å². The number of hydrogen-bond donors (Lipinski definition) is 1. The van der Waals surface area contributed by atoms with Crippen molar-refractivity contribution in [3.8, 4) is 6.07 Å². The molecule has 0 saturated heterocycles. The molecule has 2 aromatic rings. The van der Waals surface area contributed by atoms with E-state index in [1.165, 1.54) is 18.2 Å². The van der Waals surface area contributed by atoms with E-state index in [4.69, 9.17) is 17.3 Å². The van der Waals surface area contributed by atoms with Gasteiger partial charge in [0.1, 0.15) is 17.6 Å². The number of nitrogens with two attached hydrogens (primary N) is 1. The van der Waals surface area contributed by atoms with Crippen LogP contribution in [-0.2, 0) is 0 Å². The van der Waals surface area contributed by atoms with Crippen LogP contribution in [0.4, 0.5) is 15.8 Å². The highest BCUT2D eigenvalue weighted by atomic mass is 35.5. The Morgan fingerprint density at radius 2 is 2.13 bits per heavy atom. The summed E-state index contributed by atoms with van der Waals surface area (Å²) in [6.07, 6.45) is 1.33. The number of nitrogen functional groups attached to an aromatic ring is 1. The molecule has 0 heterocycles. The highest BCUT2D eigenvalue weighted by Crippen LogP contribution is 2.34. The molecule has 0 aliphatic rings. The lowest BCUT2D eigenvalue weighted by atomic mass is 9.93. The number of benzene rings is 2. The molecule has 0 aliphatic carbocycles. The Morgan fingerprint density at radius 1 is 1.43 bits per heavy atom. The van der Waals surface area contributed by atoms with Gasteiger partial charge < -0.3 is 5.73 Å². The van der Waals surface area contributed by atoms with Crippen molar-refractivity contribution in [2.24, 2.45) is 5.18 Å². The zero-order valence-electron chi connectivity index (χ0n) is 11.6. The molecule has 5 nitrogen and oxygen atoms in total. The molecule has 0 saturated carbocycles. The summed E-state index contributed by atoms with van der Waals surface area (Å²) in [6, 6.07) is 6.20. The Balaban J connectivity index is 2.81. The van der Waals surface area contributed by atoms with Gasteiger partial charge in [-0.1, -0.05) is 24.3 Å². The zero-order valence-corrected chi connectivity index (χ0v) is 12.4. The maximum absolute atomic E-state index is 13.4. The number of hydrogen-bond acceptors (Lipinski definition) is 5. The fourth-order valence-corrected chi connectivity index (χ4v) is 2.30. The molecular weight excluding hydrogens is 321 g/mol. The van der Waals surface area contributed by atoms with Crippen LogP contribution in [0.2, 0.25) is 5.02 Å². The van der Waals surface area contributed by atoms with Gasteiger partial charge in [0.25, 0.3) is 0 Å². The van der Waals surface area contributed by atoms with Crippen LogP contribution in [0, 0.1) is 22.1 Å².